The number of rotatable bonds is 6. The SMILES string of the molecule is CN(C)CCO/N=C(/c1cccc(Cl)c1)c1ccccc1Cl.Cl. The summed E-state index contributed by atoms with van der Waals surface area (Å²) in [5.41, 5.74) is 2.36. The molecule has 124 valence electrons. The first-order chi connectivity index (χ1) is 10.6. The molecule has 0 fully saturated rings. The van der Waals surface area contributed by atoms with Crippen LogP contribution < -0.4 is 0 Å². The first-order valence-corrected chi connectivity index (χ1v) is 7.69. The molecular weight excluding hydrogens is 355 g/mol. The van der Waals surface area contributed by atoms with Crippen molar-refractivity contribution in [2.75, 3.05) is 27.2 Å². The lowest BCUT2D eigenvalue weighted by atomic mass is 10.0. The van der Waals surface area contributed by atoms with Gasteiger partial charge in [-0.2, -0.15) is 0 Å². The third kappa shape index (κ3) is 6.04. The van der Waals surface area contributed by atoms with Crippen LogP contribution in [0.3, 0.4) is 0 Å². The van der Waals surface area contributed by atoms with E-state index >= 15 is 0 Å². The van der Waals surface area contributed by atoms with Gasteiger partial charge in [-0.15, -0.1) is 12.4 Å². The Balaban J connectivity index is 0.00000264. The Labute approximate surface area is 153 Å². The Morgan fingerprint density at radius 2 is 1.83 bits per heavy atom. The van der Waals surface area contributed by atoms with Gasteiger partial charge >= 0.3 is 0 Å². The van der Waals surface area contributed by atoms with Crippen molar-refractivity contribution in [1.29, 1.82) is 0 Å². The van der Waals surface area contributed by atoms with Crippen LogP contribution in [0.15, 0.2) is 53.7 Å². The summed E-state index contributed by atoms with van der Waals surface area (Å²) in [7, 11) is 3.97. The van der Waals surface area contributed by atoms with Crippen LogP contribution in [-0.4, -0.2) is 37.9 Å². The predicted octanol–water partition coefficient (Wildman–Crippen LogP) is 4.75. The van der Waals surface area contributed by atoms with Crippen LogP contribution in [0.4, 0.5) is 0 Å². The lowest BCUT2D eigenvalue weighted by Crippen LogP contribution is -2.17. The molecule has 0 atom stereocenters. The second-order valence-electron chi connectivity index (χ2n) is 5.07. The van der Waals surface area contributed by atoms with E-state index in [1.54, 1.807) is 0 Å². The van der Waals surface area contributed by atoms with Crippen molar-refractivity contribution in [1.82, 2.24) is 4.90 Å². The van der Waals surface area contributed by atoms with Gasteiger partial charge in [-0.05, 0) is 32.3 Å². The Bertz CT molecular complexity index is 660. The van der Waals surface area contributed by atoms with Crippen LogP contribution in [0, 0.1) is 0 Å². The zero-order chi connectivity index (χ0) is 15.9. The lowest BCUT2D eigenvalue weighted by Gasteiger charge is -2.11. The highest BCUT2D eigenvalue weighted by molar-refractivity contribution is 6.36. The minimum Gasteiger partial charge on any atom is -0.394 e. The number of halogens is 3. The Hall–Kier alpha value is -1.26. The van der Waals surface area contributed by atoms with E-state index < -0.39 is 0 Å². The standard InChI is InChI=1S/C17H18Cl2N2O.ClH/c1-21(2)10-11-22-20-17(13-6-5-7-14(18)12-13)15-8-3-4-9-16(15)19;/h3-9,12H,10-11H2,1-2H3;1H/b20-17-;. The van der Waals surface area contributed by atoms with Crippen molar-refractivity contribution in [2.24, 2.45) is 5.16 Å². The summed E-state index contributed by atoms with van der Waals surface area (Å²) in [6.45, 7) is 1.29. The quantitative estimate of drug-likeness (QED) is 0.415. The summed E-state index contributed by atoms with van der Waals surface area (Å²) in [5, 5.41) is 5.55. The van der Waals surface area contributed by atoms with Crippen LogP contribution in [0.25, 0.3) is 0 Å². The molecule has 0 N–H and O–H groups in total. The van der Waals surface area contributed by atoms with Gasteiger partial charge in [0, 0.05) is 22.7 Å². The van der Waals surface area contributed by atoms with E-state index in [1.165, 1.54) is 0 Å². The third-order valence-electron chi connectivity index (χ3n) is 3.01. The van der Waals surface area contributed by atoms with Gasteiger partial charge in [-0.3, -0.25) is 0 Å². The molecule has 0 bridgehead atoms. The van der Waals surface area contributed by atoms with Crippen molar-refractivity contribution in [3.05, 3.63) is 69.7 Å². The van der Waals surface area contributed by atoms with Crippen molar-refractivity contribution < 1.29 is 4.84 Å². The number of hydrogen-bond donors (Lipinski definition) is 0. The molecule has 0 aromatic heterocycles. The molecule has 2 rings (SSSR count). The van der Waals surface area contributed by atoms with E-state index in [4.69, 9.17) is 28.0 Å². The minimum atomic E-state index is 0. The summed E-state index contributed by atoms with van der Waals surface area (Å²) in [6.07, 6.45) is 0. The zero-order valence-corrected chi connectivity index (χ0v) is 15.3. The van der Waals surface area contributed by atoms with Crippen LogP contribution in [-0.2, 0) is 4.84 Å². The van der Waals surface area contributed by atoms with Crippen molar-refractivity contribution in [3.63, 3.8) is 0 Å². The summed E-state index contributed by atoms with van der Waals surface area (Å²) < 4.78 is 0. The molecule has 23 heavy (non-hydrogen) atoms. The van der Waals surface area contributed by atoms with Gasteiger partial charge < -0.3 is 9.74 Å². The topological polar surface area (TPSA) is 24.8 Å². The number of hydrogen-bond acceptors (Lipinski definition) is 3. The van der Waals surface area contributed by atoms with Gasteiger partial charge in [0.15, 0.2) is 0 Å². The predicted molar refractivity (Wildman–Crippen MR) is 100 cm³/mol. The average molecular weight is 374 g/mol. The average Bonchev–Trinajstić information content (AvgIpc) is 2.48. The molecule has 0 saturated heterocycles. The molecule has 0 heterocycles. The fourth-order valence-electron chi connectivity index (χ4n) is 1.88. The normalized spacial score (nSPS) is 11.3. The molecular formula is C17H19Cl3N2O. The van der Waals surface area contributed by atoms with Gasteiger partial charge in [0.2, 0.25) is 0 Å². The molecule has 0 amide bonds. The highest BCUT2D eigenvalue weighted by atomic mass is 35.5. The number of benzene rings is 2. The molecule has 6 heteroatoms. The molecule has 0 aliphatic carbocycles. The highest BCUT2D eigenvalue weighted by Crippen LogP contribution is 2.22. The van der Waals surface area contributed by atoms with Crippen LogP contribution in [0.5, 0.6) is 0 Å². The first-order valence-electron chi connectivity index (χ1n) is 6.93. The summed E-state index contributed by atoms with van der Waals surface area (Å²) in [6, 6.07) is 15.0. The van der Waals surface area contributed by atoms with E-state index in [0.29, 0.717) is 22.4 Å². The maximum Gasteiger partial charge on any atom is 0.129 e. The Morgan fingerprint density at radius 3 is 2.48 bits per heavy atom. The number of nitrogens with zero attached hydrogens (tertiary/aromatic N) is 2. The van der Waals surface area contributed by atoms with E-state index in [2.05, 4.69) is 5.16 Å². The smallest absolute Gasteiger partial charge is 0.129 e. The second kappa shape index (κ2) is 9.78. The number of oxime groups is 1. The summed E-state index contributed by atoms with van der Waals surface area (Å²) in [4.78, 5) is 7.49. The van der Waals surface area contributed by atoms with Gasteiger partial charge in [-0.25, -0.2) is 0 Å². The molecule has 0 aliphatic rings. The molecule has 0 saturated carbocycles. The van der Waals surface area contributed by atoms with Gasteiger partial charge in [0.1, 0.15) is 12.3 Å². The van der Waals surface area contributed by atoms with Crippen molar-refractivity contribution >= 4 is 41.3 Å². The molecule has 0 aliphatic heterocycles. The van der Waals surface area contributed by atoms with E-state index in [9.17, 15) is 0 Å². The molecule has 0 radical (unpaired) electrons. The highest BCUT2D eigenvalue weighted by Gasteiger charge is 2.12. The van der Waals surface area contributed by atoms with Crippen LogP contribution in [0.1, 0.15) is 11.1 Å². The molecule has 2 aromatic carbocycles. The summed E-state index contributed by atoms with van der Waals surface area (Å²) >= 11 is 12.4. The molecule has 0 spiro atoms. The van der Waals surface area contributed by atoms with Crippen molar-refractivity contribution in [2.45, 2.75) is 0 Å². The lowest BCUT2D eigenvalue weighted by molar-refractivity contribution is 0.126. The van der Waals surface area contributed by atoms with Crippen LogP contribution in [0.2, 0.25) is 10.0 Å². The second-order valence-corrected chi connectivity index (χ2v) is 5.91. The summed E-state index contributed by atoms with van der Waals surface area (Å²) in [5.74, 6) is 0. The molecule has 0 unspecified atom stereocenters. The van der Waals surface area contributed by atoms with Gasteiger partial charge in [0.25, 0.3) is 0 Å². The minimum absolute atomic E-state index is 0. The zero-order valence-electron chi connectivity index (χ0n) is 13.0. The fourth-order valence-corrected chi connectivity index (χ4v) is 2.30. The first kappa shape index (κ1) is 19.8. The van der Waals surface area contributed by atoms with Crippen molar-refractivity contribution in [3.8, 4) is 0 Å². The molecule has 2 aromatic rings. The Morgan fingerprint density at radius 1 is 1.09 bits per heavy atom. The van der Waals surface area contributed by atoms with Crippen LogP contribution >= 0.6 is 35.6 Å². The third-order valence-corrected chi connectivity index (χ3v) is 3.58. The van der Waals surface area contributed by atoms with E-state index in [0.717, 1.165) is 17.7 Å². The molecule has 3 nitrogen and oxygen atoms in total. The number of likely N-dealkylation sites (N-methyl/N-ethyl adjacent to an activating group) is 1. The maximum atomic E-state index is 6.29. The largest absolute Gasteiger partial charge is 0.394 e. The monoisotopic (exact) mass is 372 g/mol. The van der Waals surface area contributed by atoms with E-state index in [1.807, 2.05) is 67.5 Å². The fraction of sp³-hybridized carbons (Fsp3) is 0.235. The van der Waals surface area contributed by atoms with Gasteiger partial charge in [-0.1, -0.05) is 58.7 Å². The van der Waals surface area contributed by atoms with Gasteiger partial charge in [0.05, 0.1) is 5.02 Å². The van der Waals surface area contributed by atoms with E-state index in [-0.39, 0.29) is 12.4 Å². The Kier molecular flexibility index (Phi) is 8.42. The maximum absolute atomic E-state index is 6.29.